The van der Waals surface area contributed by atoms with Crippen LogP contribution in [0.15, 0.2) is 55.4 Å². The molecule has 0 fully saturated rings. The predicted molar refractivity (Wildman–Crippen MR) is 100 cm³/mol. The molecule has 23 heavy (non-hydrogen) atoms. The number of rotatable bonds is 4. The van der Waals surface area contributed by atoms with E-state index in [4.69, 9.17) is 5.73 Å². The van der Waals surface area contributed by atoms with Crippen LogP contribution < -0.4 is 11.1 Å². The van der Waals surface area contributed by atoms with Crippen LogP contribution in [0.25, 0.3) is 16.5 Å². The van der Waals surface area contributed by atoms with Crippen molar-refractivity contribution < 1.29 is 4.79 Å². The molecule has 1 aromatic heterocycles. The van der Waals surface area contributed by atoms with Gasteiger partial charge in [0.15, 0.2) is 0 Å². The van der Waals surface area contributed by atoms with Crippen molar-refractivity contribution in [3.05, 3.63) is 64.5 Å². The number of fused-ring (bicyclic) bond motifs is 1. The van der Waals surface area contributed by atoms with Gasteiger partial charge >= 0.3 is 0 Å². The maximum atomic E-state index is 11.3. The number of aromatic nitrogens is 2. The molecule has 0 aliphatic rings. The van der Waals surface area contributed by atoms with Crippen LogP contribution in [0.1, 0.15) is 5.56 Å². The molecule has 0 atom stereocenters. The van der Waals surface area contributed by atoms with Crippen molar-refractivity contribution in [2.24, 2.45) is 5.73 Å². The number of hydrogen-bond donors (Lipinski definition) is 2. The van der Waals surface area contributed by atoms with Crippen molar-refractivity contribution in [1.82, 2.24) is 9.97 Å². The number of primary amides is 1. The normalized spacial score (nSPS) is 10.5. The third-order valence-electron chi connectivity index (χ3n) is 3.37. The van der Waals surface area contributed by atoms with E-state index in [0.717, 1.165) is 20.2 Å². The predicted octanol–water partition coefficient (Wildman–Crippen LogP) is 3.48. The summed E-state index contributed by atoms with van der Waals surface area (Å²) in [7, 11) is 0. The second-order valence-corrected chi connectivity index (χ2v) is 6.18. The van der Waals surface area contributed by atoms with Gasteiger partial charge in [-0.25, -0.2) is 9.97 Å². The lowest BCUT2D eigenvalue weighted by Gasteiger charge is -2.10. The average Bonchev–Trinajstić information content (AvgIpc) is 2.54. The molecule has 6 heteroatoms. The van der Waals surface area contributed by atoms with Crippen molar-refractivity contribution in [1.29, 1.82) is 0 Å². The quantitative estimate of drug-likeness (QED) is 0.504. The molecule has 1 heterocycles. The van der Waals surface area contributed by atoms with Crippen LogP contribution in [0.3, 0.4) is 0 Å². The van der Waals surface area contributed by atoms with Gasteiger partial charge in [-0.3, -0.25) is 4.79 Å². The molecule has 3 N–H and O–H groups in total. The minimum absolute atomic E-state index is 0.260. The molecule has 5 nitrogen and oxygen atoms in total. The third kappa shape index (κ3) is 3.31. The summed E-state index contributed by atoms with van der Waals surface area (Å²) in [5, 5.41) is 4.08. The van der Waals surface area contributed by atoms with Crippen molar-refractivity contribution in [2.75, 3.05) is 5.32 Å². The van der Waals surface area contributed by atoms with Crippen LogP contribution in [0.4, 0.5) is 11.5 Å². The van der Waals surface area contributed by atoms with E-state index in [2.05, 4.69) is 44.5 Å². The fourth-order valence-electron chi connectivity index (χ4n) is 2.19. The van der Waals surface area contributed by atoms with Gasteiger partial charge in [0.25, 0.3) is 0 Å². The third-order valence-corrected chi connectivity index (χ3v) is 4.04. The zero-order chi connectivity index (χ0) is 16.4. The molecule has 0 radical (unpaired) electrons. The Balaban J connectivity index is 2.07. The molecule has 0 bridgehead atoms. The fraction of sp³-hybridized carbons (Fsp3) is 0. The molecular weight excluding hydrogens is 403 g/mol. The van der Waals surface area contributed by atoms with Gasteiger partial charge in [-0.1, -0.05) is 18.7 Å². The van der Waals surface area contributed by atoms with E-state index in [-0.39, 0.29) is 5.57 Å². The molecule has 3 rings (SSSR count). The largest absolute Gasteiger partial charge is 0.366 e. The highest BCUT2D eigenvalue weighted by Crippen LogP contribution is 2.26. The monoisotopic (exact) mass is 416 g/mol. The lowest BCUT2D eigenvalue weighted by atomic mass is 10.0. The van der Waals surface area contributed by atoms with Gasteiger partial charge < -0.3 is 11.1 Å². The lowest BCUT2D eigenvalue weighted by molar-refractivity contribution is -0.112. The zero-order valence-electron chi connectivity index (χ0n) is 12.1. The maximum Gasteiger partial charge on any atom is 0.248 e. The highest BCUT2D eigenvalue weighted by molar-refractivity contribution is 14.1. The van der Waals surface area contributed by atoms with Gasteiger partial charge in [0.1, 0.15) is 12.1 Å². The Morgan fingerprint density at radius 1 is 1.17 bits per heavy atom. The Hall–Kier alpha value is -2.48. The van der Waals surface area contributed by atoms with Gasteiger partial charge in [0.05, 0.1) is 5.52 Å². The number of carbonyl (C=O) groups is 1. The number of halogens is 1. The second-order valence-electron chi connectivity index (χ2n) is 4.93. The molecule has 0 saturated heterocycles. The van der Waals surface area contributed by atoms with E-state index in [1.165, 1.54) is 6.33 Å². The van der Waals surface area contributed by atoms with E-state index in [9.17, 15) is 4.79 Å². The van der Waals surface area contributed by atoms with Crippen LogP contribution in [0, 0.1) is 3.57 Å². The molecule has 0 saturated carbocycles. The van der Waals surface area contributed by atoms with Crippen LogP contribution >= 0.6 is 22.6 Å². The van der Waals surface area contributed by atoms with E-state index in [0.29, 0.717) is 11.4 Å². The molecule has 1 amide bonds. The minimum atomic E-state index is -0.548. The van der Waals surface area contributed by atoms with E-state index in [1.807, 2.05) is 36.4 Å². The van der Waals surface area contributed by atoms with Crippen molar-refractivity contribution in [3.63, 3.8) is 0 Å². The van der Waals surface area contributed by atoms with Crippen molar-refractivity contribution in [3.8, 4) is 0 Å². The number of carbonyl (C=O) groups excluding carboxylic acids is 1. The second kappa shape index (κ2) is 6.33. The Morgan fingerprint density at radius 3 is 2.74 bits per heavy atom. The first kappa shape index (κ1) is 15.4. The van der Waals surface area contributed by atoms with Gasteiger partial charge in [-0.2, -0.15) is 0 Å². The first-order chi connectivity index (χ1) is 11.0. The van der Waals surface area contributed by atoms with Gasteiger partial charge in [0.2, 0.25) is 5.91 Å². The highest BCUT2D eigenvalue weighted by Gasteiger charge is 2.10. The van der Waals surface area contributed by atoms with Crippen LogP contribution in [-0.4, -0.2) is 15.9 Å². The average molecular weight is 416 g/mol. The number of nitrogens with zero attached hydrogens (tertiary/aromatic N) is 2. The summed E-state index contributed by atoms with van der Waals surface area (Å²) in [4.78, 5) is 19.9. The Kier molecular flexibility index (Phi) is 4.24. The fourth-order valence-corrected chi connectivity index (χ4v) is 2.73. The summed E-state index contributed by atoms with van der Waals surface area (Å²) in [6.07, 6.45) is 1.50. The maximum absolute atomic E-state index is 11.3. The van der Waals surface area contributed by atoms with Crippen LogP contribution in [-0.2, 0) is 4.79 Å². The van der Waals surface area contributed by atoms with E-state index < -0.39 is 5.91 Å². The Bertz CT molecular complexity index is 923. The molecule has 2 aromatic carbocycles. The number of hydrogen-bond acceptors (Lipinski definition) is 4. The van der Waals surface area contributed by atoms with Crippen molar-refractivity contribution >= 4 is 56.5 Å². The smallest absolute Gasteiger partial charge is 0.248 e. The molecule has 3 aromatic rings. The van der Waals surface area contributed by atoms with Gasteiger partial charge in [0, 0.05) is 20.2 Å². The minimum Gasteiger partial charge on any atom is -0.366 e. The number of nitrogens with two attached hydrogens (primary N) is 1. The summed E-state index contributed by atoms with van der Waals surface area (Å²) in [6, 6.07) is 13.4. The van der Waals surface area contributed by atoms with Gasteiger partial charge in [-0.05, 0) is 58.5 Å². The van der Waals surface area contributed by atoms with E-state index >= 15 is 0 Å². The first-order valence-electron chi connectivity index (χ1n) is 6.81. The summed E-state index contributed by atoms with van der Waals surface area (Å²) in [5.41, 5.74) is 7.92. The standard InChI is InChI=1S/C17H13IN4O/c1-10(16(19)23)11-5-6-15-14(7-11)17(21-9-20-15)22-13-4-2-3-12(18)8-13/h2-9H,1H2,(H2,19,23)(H,20,21,22). The number of amides is 1. The van der Waals surface area contributed by atoms with E-state index in [1.54, 1.807) is 6.07 Å². The van der Waals surface area contributed by atoms with Gasteiger partial charge in [-0.15, -0.1) is 0 Å². The number of benzene rings is 2. The van der Waals surface area contributed by atoms with Crippen LogP contribution in [0.5, 0.6) is 0 Å². The summed E-state index contributed by atoms with van der Waals surface area (Å²) < 4.78 is 1.12. The molecule has 114 valence electrons. The molecule has 0 spiro atoms. The number of anilines is 2. The first-order valence-corrected chi connectivity index (χ1v) is 7.89. The topological polar surface area (TPSA) is 80.9 Å². The Morgan fingerprint density at radius 2 is 2.00 bits per heavy atom. The zero-order valence-corrected chi connectivity index (χ0v) is 14.2. The summed E-state index contributed by atoms with van der Waals surface area (Å²) >= 11 is 2.25. The lowest BCUT2D eigenvalue weighted by Crippen LogP contribution is -2.11. The van der Waals surface area contributed by atoms with Crippen molar-refractivity contribution in [2.45, 2.75) is 0 Å². The summed E-state index contributed by atoms with van der Waals surface area (Å²) in [5.74, 6) is 0.115. The molecule has 0 unspecified atom stereocenters. The highest BCUT2D eigenvalue weighted by atomic mass is 127. The molecule has 0 aliphatic carbocycles. The SMILES string of the molecule is C=C(C(N)=O)c1ccc2ncnc(Nc3cccc(I)c3)c2c1. The van der Waals surface area contributed by atoms with Crippen LogP contribution in [0.2, 0.25) is 0 Å². The molecular formula is C17H13IN4O. The molecule has 0 aliphatic heterocycles. The number of nitrogens with one attached hydrogen (secondary N) is 1. The Labute approximate surface area is 146 Å². The summed E-state index contributed by atoms with van der Waals surface area (Å²) in [6.45, 7) is 3.72.